The topological polar surface area (TPSA) is 65.7 Å². The molecule has 0 saturated heterocycles. The van der Waals surface area contributed by atoms with Gasteiger partial charge in [-0.05, 0) is 42.8 Å². The fourth-order valence-corrected chi connectivity index (χ4v) is 3.29. The van der Waals surface area contributed by atoms with E-state index in [1.54, 1.807) is 43.5 Å². The van der Waals surface area contributed by atoms with Crippen LogP contribution in [0.15, 0.2) is 82.2 Å². The smallest absolute Gasteiger partial charge is 0.200 e. The first-order valence-corrected chi connectivity index (χ1v) is 9.48. The predicted molar refractivity (Wildman–Crippen MR) is 115 cm³/mol. The van der Waals surface area contributed by atoms with E-state index in [2.05, 4.69) is 0 Å². The van der Waals surface area contributed by atoms with Crippen molar-refractivity contribution in [2.75, 3.05) is 7.11 Å². The number of Topliss-reactive ketones (excluding diaryl/α,β-unsaturated/α-hetero) is 1. The number of rotatable bonds is 6. The number of ketones is 1. The summed E-state index contributed by atoms with van der Waals surface area (Å²) < 4.78 is 17.0. The molecule has 0 fully saturated rings. The van der Waals surface area contributed by atoms with Crippen molar-refractivity contribution in [1.82, 2.24) is 0 Å². The van der Waals surface area contributed by atoms with Crippen LogP contribution in [0.1, 0.15) is 22.8 Å². The Morgan fingerprint density at radius 1 is 1.00 bits per heavy atom. The molecule has 1 heterocycles. The number of carbonyl (C=O) groups excluding carboxylic acids is 1. The number of fused-ring (bicyclic) bond motifs is 1. The van der Waals surface area contributed by atoms with Gasteiger partial charge in [-0.2, -0.15) is 0 Å². The van der Waals surface area contributed by atoms with Crippen LogP contribution >= 0.6 is 0 Å². The van der Waals surface area contributed by atoms with E-state index in [1.807, 2.05) is 30.3 Å². The molecule has 0 radical (unpaired) electrons. The normalized spacial score (nSPS) is 10.7. The van der Waals surface area contributed by atoms with Crippen LogP contribution in [0.3, 0.4) is 0 Å². The number of methoxy groups -OCH3 is 1. The molecule has 0 amide bonds. The molecule has 0 aliphatic rings. The molecular formula is C25H20O5. The van der Waals surface area contributed by atoms with Crippen LogP contribution < -0.4 is 14.9 Å². The lowest BCUT2D eigenvalue weighted by atomic mass is 10.1. The summed E-state index contributed by atoms with van der Waals surface area (Å²) in [6.07, 6.45) is 1.48. The van der Waals surface area contributed by atoms with Crippen LogP contribution in [-0.2, 0) is 6.61 Å². The Morgan fingerprint density at radius 3 is 2.53 bits per heavy atom. The zero-order valence-electron chi connectivity index (χ0n) is 16.7. The summed E-state index contributed by atoms with van der Waals surface area (Å²) in [6.45, 7) is 1.73. The molecule has 4 rings (SSSR count). The van der Waals surface area contributed by atoms with Gasteiger partial charge in [0.25, 0.3) is 0 Å². The standard InChI is InChI=1S/C25H20O5/c1-16(26)18-8-11-23(28-2)19(12-18)14-29-20-9-10-21-24(13-20)30-15-22(25(21)27)17-6-4-3-5-7-17/h3-13,15H,14H2,1-2H3. The summed E-state index contributed by atoms with van der Waals surface area (Å²) >= 11 is 0. The number of hydrogen-bond acceptors (Lipinski definition) is 5. The molecule has 0 saturated carbocycles. The number of ether oxygens (including phenoxy) is 2. The van der Waals surface area contributed by atoms with Gasteiger partial charge < -0.3 is 13.9 Å². The van der Waals surface area contributed by atoms with Crippen LogP contribution in [-0.4, -0.2) is 12.9 Å². The molecule has 5 heteroatoms. The zero-order valence-corrected chi connectivity index (χ0v) is 16.7. The minimum Gasteiger partial charge on any atom is -0.496 e. The molecule has 150 valence electrons. The van der Waals surface area contributed by atoms with Gasteiger partial charge in [0, 0.05) is 17.2 Å². The number of benzene rings is 3. The van der Waals surface area contributed by atoms with Gasteiger partial charge in [-0.1, -0.05) is 30.3 Å². The van der Waals surface area contributed by atoms with Crippen molar-refractivity contribution < 1.29 is 18.7 Å². The summed E-state index contributed by atoms with van der Waals surface area (Å²) in [7, 11) is 1.57. The van der Waals surface area contributed by atoms with Gasteiger partial charge in [0.1, 0.15) is 30.0 Å². The van der Waals surface area contributed by atoms with E-state index in [0.717, 1.165) is 11.1 Å². The monoisotopic (exact) mass is 400 g/mol. The first kappa shape index (κ1) is 19.5. The van der Waals surface area contributed by atoms with Crippen LogP contribution in [0.5, 0.6) is 11.5 Å². The molecule has 0 atom stereocenters. The predicted octanol–water partition coefficient (Wildman–Crippen LogP) is 5.25. The summed E-state index contributed by atoms with van der Waals surface area (Å²) in [5.74, 6) is 1.16. The Bertz CT molecular complexity index is 1270. The summed E-state index contributed by atoms with van der Waals surface area (Å²) in [6, 6.07) is 19.8. The molecule has 30 heavy (non-hydrogen) atoms. The van der Waals surface area contributed by atoms with Gasteiger partial charge in [-0.15, -0.1) is 0 Å². The fourth-order valence-electron chi connectivity index (χ4n) is 3.29. The highest BCUT2D eigenvalue weighted by atomic mass is 16.5. The van der Waals surface area contributed by atoms with Gasteiger partial charge in [-0.25, -0.2) is 0 Å². The van der Waals surface area contributed by atoms with E-state index in [1.165, 1.54) is 13.2 Å². The Morgan fingerprint density at radius 2 is 1.80 bits per heavy atom. The third-order valence-electron chi connectivity index (χ3n) is 4.91. The maximum Gasteiger partial charge on any atom is 0.200 e. The van der Waals surface area contributed by atoms with Gasteiger partial charge in [0.05, 0.1) is 18.1 Å². The lowest BCUT2D eigenvalue weighted by Crippen LogP contribution is -2.05. The minimum absolute atomic E-state index is 0.0272. The van der Waals surface area contributed by atoms with Crippen molar-refractivity contribution in [3.05, 3.63) is 94.3 Å². The second kappa shape index (κ2) is 8.25. The largest absolute Gasteiger partial charge is 0.496 e. The molecule has 0 spiro atoms. The summed E-state index contributed by atoms with van der Waals surface area (Å²) in [5.41, 5.74) is 3.03. The Hall–Kier alpha value is -3.86. The summed E-state index contributed by atoms with van der Waals surface area (Å²) in [4.78, 5) is 24.5. The second-order valence-electron chi connectivity index (χ2n) is 6.87. The van der Waals surface area contributed by atoms with Crippen molar-refractivity contribution in [2.24, 2.45) is 0 Å². The third kappa shape index (κ3) is 3.82. The highest BCUT2D eigenvalue weighted by Crippen LogP contribution is 2.26. The van der Waals surface area contributed by atoms with E-state index < -0.39 is 0 Å². The average Bonchev–Trinajstić information content (AvgIpc) is 2.78. The Balaban J connectivity index is 1.62. The Labute approximate surface area is 173 Å². The van der Waals surface area contributed by atoms with Gasteiger partial charge >= 0.3 is 0 Å². The molecule has 0 N–H and O–H groups in total. The number of hydrogen-bond donors (Lipinski definition) is 0. The quantitative estimate of drug-likeness (QED) is 0.414. The zero-order chi connectivity index (χ0) is 21.1. The SMILES string of the molecule is COc1ccc(C(C)=O)cc1COc1ccc2c(=O)c(-c3ccccc3)coc2c1. The van der Waals surface area contributed by atoms with Crippen molar-refractivity contribution in [2.45, 2.75) is 13.5 Å². The molecule has 0 unspecified atom stereocenters. The van der Waals surface area contributed by atoms with Crippen LogP contribution in [0.2, 0.25) is 0 Å². The van der Waals surface area contributed by atoms with Crippen molar-refractivity contribution >= 4 is 16.8 Å². The van der Waals surface area contributed by atoms with E-state index in [4.69, 9.17) is 13.9 Å². The maximum absolute atomic E-state index is 12.9. The molecule has 0 bridgehead atoms. The molecule has 0 aliphatic heterocycles. The van der Waals surface area contributed by atoms with Gasteiger partial charge in [-0.3, -0.25) is 9.59 Å². The first-order valence-electron chi connectivity index (χ1n) is 9.48. The average molecular weight is 400 g/mol. The van der Waals surface area contributed by atoms with Crippen molar-refractivity contribution in [3.8, 4) is 22.6 Å². The molecule has 3 aromatic carbocycles. The van der Waals surface area contributed by atoms with Crippen LogP contribution in [0.4, 0.5) is 0 Å². The lowest BCUT2D eigenvalue weighted by Gasteiger charge is -2.12. The fraction of sp³-hybridized carbons (Fsp3) is 0.120. The molecule has 0 aliphatic carbocycles. The van der Waals surface area contributed by atoms with Crippen LogP contribution in [0.25, 0.3) is 22.1 Å². The van der Waals surface area contributed by atoms with E-state index in [0.29, 0.717) is 33.6 Å². The van der Waals surface area contributed by atoms with Gasteiger partial charge in [0.2, 0.25) is 0 Å². The second-order valence-corrected chi connectivity index (χ2v) is 6.87. The lowest BCUT2D eigenvalue weighted by molar-refractivity contribution is 0.101. The highest BCUT2D eigenvalue weighted by molar-refractivity contribution is 5.94. The third-order valence-corrected chi connectivity index (χ3v) is 4.91. The molecular weight excluding hydrogens is 380 g/mol. The van der Waals surface area contributed by atoms with E-state index in [-0.39, 0.29) is 17.8 Å². The van der Waals surface area contributed by atoms with Gasteiger partial charge in [0.15, 0.2) is 11.2 Å². The minimum atomic E-state index is -0.0928. The summed E-state index contributed by atoms with van der Waals surface area (Å²) in [5, 5.41) is 0.486. The Kier molecular flexibility index (Phi) is 5.35. The number of carbonyl (C=O) groups is 1. The maximum atomic E-state index is 12.9. The first-order chi connectivity index (χ1) is 14.6. The molecule has 1 aromatic heterocycles. The van der Waals surface area contributed by atoms with Crippen molar-refractivity contribution in [3.63, 3.8) is 0 Å². The molecule has 5 nitrogen and oxygen atoms in total. The van der Waals surface area contributed by atoms with E-state index in [9.17, 15) is 9.59 Å². The van der Waals surface area contributed by atoms with E-state index >= 15 is 0 Å². The molecule has 4 aromatic rings. The highest BCUT2D eigenvalue weighted by Gasteiger charge is 2.11. The van der Waals surface area contributed by atoms with Crippen LogP contribution in [0, 0.1) is 0 Å². The van der Waals surface area contributed by atoms with Crippen molar-refractivity contribution in [1.29, 1.82) is 0 Å².